The molecule has 1 fully saturated rings. The highest BCUT2D eigenvalue weighted by Gasteiger charge is 2.16. The van der Waals surface area contributed by atoms with E-state index in [0.29, 0.717) is 0 Å². The Labute approximate surface area is 70.0 Å². The Morgan fingerprint density at radius 2 is 2.18 bits per heavy atom. The van der Waals surface area contributed by atoms with E-state index in [1.807, 2.05) is 0 Å². The van der Waals surface area contributed by atoms with Crippen molar-refractivity contribution in [3.63, 3.8) is 0 Å². The molecule has 1 aliphatic heterocycles. The molecule has 0 aliphatic carbocycles. The van der Waals surface area contributed by atoms with Crippen molar-refractivity contribution in [3.05, 3.63) is 0 Å². The molecule has 0 aromatic rings. The van der Waals surface area contributed by atoms with Crippen molar-refractivity contribution in [3.8, 4) is 0 Å². The summed E-state index contributed by atoms with van der Waals surface area (Å²) in [6.07, 6.45) is 4.01. The zero-order chi connectivity index (χ0) is 8.10. The molecule has 2 heteroatoms. The normalized spacial score (nSPS) is 21.3. The molecule has 1 aliphatic rings. The maximum Gasteiger partial charge on any atom is 0.0191 e. The van der Waals surface area contributed by atoms with Crippen molar-refractivity contribution >= 4 is 0 Å². The summed E-state index contributed by atoms with van der Waals surface area (Å²) in [5, 5.41) is 3.36. The van der Waals surface area contributed by atoms with E-state index in [2.05, 4.69) is 24.2 Å². The maximum absolute atomic E-state index is 3.36. The van der Waals surface area contributed by atoms with Crippen LogP contribution in [-0.4, -0.2) is 37.6 Å². The minimum atomic E-state index is 0.722. The molecule has 0 spiro atoms. The first kappa shape index (κ1) is 9.01. The molecule has 2 nitrogen and oxygen atoms in total. The van der Waals surface area contributed by atoms with Crippen molar-refractivity contribution in [1.82, 2.24) is 10.2 Å². The van der Waals surface area contributed by atoms with Crippen LogP contribution in [0.5, 0.6) is 0 Å². The van der Waals surface area contributed by atoms with Gasteiger partial charge in [-0.1, -0.05) is 13.3 Å². The number of hydrogen-bond donors (Lipinski definition) is 1. The summed E-state index contributed by atoms with van der Waals surface area (Å²) in [6, 6.07) is 0.722. The highest BCUT2D eigenvalue weighted by Crippen LogP contribution is 2.08. The summed E-state index contributed by atoms with van der Waals surface area (Å²) >= 11 is 0. The van der Waals surface area contributed by atoms with Crippen molar-refractivity contribution in [1.29, 1.82) is 0 Å². The molecule has 1 rings (SSSR count). The molecular formula is C9H20N2. The molecular weight excluding hydrogens is 136 g/mol. The minimum absolute atomic E-state index is 0.722. The van der Waals surface area contributed by atoms with Gasteiger partial charge >= 0.3 is 0 Å². The van der Waals surface area contributed by atoms with Gasteiger partial charge in [0.2, 0.25) is 0 Å². The van der Waals surface area contributed by atoms with Crippen LogP contribution in [0.15, 0.2) is 0 Å². The van der Waals surface area contributed by atoms with Gasteiger partial charge in [-0.25, -0.2) is 0 Å². The van der Waals surface area contributed by atoms with Crippen molar-refractivity contribution in [2.24, 2.45) is 0 Å². The van der Waals surface area contributed by atoms with Gasteiger partial charge in [-0.2, -0.15) is 0 Å². The number of nitrogens with zero attached hydrogens (tertiary/aromatic N) is 1. The topological polar surface area (TPSA) is 15.3 Å². The van der Waals surface area contributed by atoms with Gasteiger partial charge in [-0.3, -0.25) is 0 Å². The number of likely N-dealkylation sites (tertiary alicyclic amines) is 1. The second-order valence-electron chi connectivity index (χ2n) is 3.43. The lowest BCUT2D eigenvalue weighted by atomic mass is 10.1. The molecule has 0 radical (unpaired) electrons. The van der Waals surface area contributed by atoms with E-state index in [1.165, 1.54) is 38.9 Å². The molecule has 0 aromatic carbocycles. The summed E-state index contributed by atoms with van der Waals surface area (Å²) in [7, 11) is 2.07. The van der Waals surface area contributed by atoms with Gasteiger partial charge in [0.25, 0.3) is 0 Å². The lowest BCUT2D eigenvalue weighted by molar-refractivity contribution is 0.160. The first-order valence-corrected chi connectivity index (χ1v) is 4.76. The van der Waals surface area contributed by atoms with Crippen LogP contribution < -0.4 is 5.32 Å². The zero-order valence-corrected chi connectivity index (χ0v) is 7.77. The SMILES string of the molecule is CCCC(CN1CCC1)NC. The number of hydrogen-bond acceptors (Lipinski definition) is 2. The Morgan fingerprint density at radius 3 is 2.55 bits per heavy atom. The van der Waals surface area contributed by atoms with Crippen LogP contribution in [-0.2, 0) is 0 Å². The molecule has 1 atom stereocenters. The van der Waals surface area contributed by atoms with Gasteiger partial charge in [0.1, 0.15) is 0 Å². The van der Waals surface area contributed by atoms with E-state index < -0.39 is 0 Å². The summed E-state index contributed by atoms with van der Waals surface area (Å²) < 4.78 is 0. The smallest absolute Gasteiger partial charge is 0.0191 e. The highest BCUT2D eigenvalue weighted by atomic mass is 15.2. The van der Waals surface area contributed by atoms with Gasteiger partial charge in [-0.05, 0) is 33.0 Å². The van der Waals surface area contributed by atoms with Crippen LogP contribution in [0.1, 0.15) is 26.2 Å². The minimum Gasteiger partial charge on any atom is -0.316 e. The highest BCUT2D eigenvalue weighted by molar-refractivity contribution is 4.75. The van der Waals surface area contributed by atoms with Crippen molar-refractivity contribution in [2.45, 2.75) is 32.2 Å². The van der Waals surface area contributed by atoms with E-state index in [0.717, 1.165) is 6.04 Å². The third kappa shape index (κ3) is 2.80. The number of likely N-dealkylation sites (N-methyl/N-ethyl adjacent to an activating group) is 1. The summed E-state index contributed by atoms with van der Waals surface area (Å²) in [5.74, 6) is 0. The van der Waals surface area contributed by atoms with Crippen LogP contribution in [0, 0.1) is 0 Å². The quantitative estimate of drug-likeness (QED) is 0.641. The van der Waals surface area contributed by atoms with E-state index in [1.54, 1.807) is 0 Å². The average Bonchev–Trinajstić information content (AvgIpc) is 1.94. The first-order chi connectivity index (χ1) is 5.36. The van der Waals surface area contributed by atoms with E-state index in [9.17, 15) is 0 Å². The van der Waals surface area contributed by atoms with Crippen molar-refractivity contribution in [2.75, 3.05) is 26.7 Å². The molecule has 1 unspecified atom stereocenters. The lowest BCUT2D eigenvalue weighted by Gasteiger charge is -2.33. The number of rotatable bonds is 5. The Balaban J connectivity index is 2.08. The molecule has 11 heavy (non-hydrogen) atoms. The van der Waals surface area contributed by atoms with E-state index >= 15 is 0 Å². The molecule has 0 aromatic heterocycles. The summed E-state index contributed by atoms with van der Waals surface area (Å²) in [6.45, 7) is 6.15. The second-order valence-corrected chi connectivity index (χ2v) is 3.43. The summed E-state index contributed by atoms with van der Waals surface area (Å²) in [4.78, 5) is 2.52. The predicted molar refractivity (Wildman–Crippen MR) is 48.8 cm³/mol. The number of nitrogens with one attached hydrogen (secondary N) is 1. The predicted octanol–water partition coefficient (Wildman–Crippen LogP) is 1.08. The van der Waals surface area contributed by atoms with E-state index in [-0.39, 0.29) is 0 Å². The largest absolute Gasteiger partial charge is 0.316 e. The molecule has 0 bridgehead atoms. The van der Waals surface area contributed by atoms with E-state index in [4.69, 9.17) is 0 Å². The fraction of sp³-hybridized carbons (Fsp3) is 1.00. The van der Waals surface area contributed by atoms with Gasteiger partial charge in [0, 0.05) is 12.6 Å². The fourth-order valence-corrected chi connectivity index (χ4v) is 1.55. The molecule has 1 saturated heterocycles. The van der Waals surface area contributed by atoms with Crippen LogP contribution in [0.25, 0.3) is 0 Å². The third-order valence-corrected chi connectivity index (χ3v) is 2.47. The van der Waals surface area contributed by atoms with Crippen LogP contribution in [0.4, 0.5) is 0 Å². The van der Waals surface area contributed by atoms with Crippen LogP contribution in [0.2, 0.25) is 0 Å². The van der Waals surface area contributed by atoms with Crippen molar-refractivity contribution < 1.29 is 0 Å². The average molecular weight is 156 g/mol. The Morgan fingerprint density at radius 1 is 1.45 bits per heavy atom. The zero-order valence-electron chi connectivity index (χ0n) is 7.77. The second kappa shape index (κ2) is 4.73. The van der Waals surface area contributed by atoms with Crippen LogP contribution >= 0.6 is 0 Å². The summed E-state index contributed by atoms with van der Waals surface area (Å²) in [5.41, 5.74) is 0. The van der Waals surface area contributed by atoms with Crippen LogP contribution in [0.3, 0.4) is 0 Å². The molecule has 66 valence electrons. The molecule has 1 N–H and O–H groups in total. The standard InChI is InChI=1S/C9H20N2/c1-3-5-9(10-2)8-11-6-4-7-11/h9-10H,3-8H2,1-2H3. The first-order valence-electron chi connectivity index (χ1n) is 4.76. The lowest BCUT2D eigenvalue weighted by Crippen LogP contribution is -2.45. The van der Waals surface area contributed by atoms with Gasteiger partial charge in [0.05, 0.1) is 0 Å². The molecule has 1 heterocycles. The Kier molecular flexibility index (Phi) is 3.87. The van der Waals surface area contributed by atoms with Gasteiger partial charge in [-0.15, -0.1) is 0 Å². The Bertz CT molecular complexity index is 99.7. The molecule has 0 amide bonds. The Hall–Kier alpha value is -0.0800. The third-order valence-electron chi connectivity index (χ3n) is 2.47. The van der Waals surface area contributed by atoms with Gasteiger partial charge in [0.15, 0.2) is 0 Å². The van der Waals surface area contributed by atoms with Gasteiger partial charge < -0.3 is 10.2 Å². The fourth-order valence-electron chi connectivity index (χ4n) is 1.55. The monoisotopic (exact) mass is 156 g/mol. The maximum atomic E-state index is 3.36. The molecule has 0 saturated carbocycles.